The molecule has 92 valence electrons. The molecule has 1 aromatic heterocycles. The van der Waals surface area contributed by atoms with Crippen LogP contribution in [0.4, 0.5) is 0 Å². The molecule has 0 aliphatic heterocycles. The van der Waals surface area contributed by atoms with Gasteiger partial charge in [0.1, 0.15) is 0 Å². The number of hydrogen-bond acceptors (Lipinski definition) is 3. The molecule has 0 saturated heterocycles. The number of thiophene rings is 1. The van der Waals surface area contributed by atoms with Crippen LogP contribution in [-0.2, 0) is 6.54 Å². The lowest BCUT2D eigenvalue weighted by molar-refractivity contribution is 0.162. The van der Waals surface area contributed by atoms with Crippen molar-refractivity contribution in [1.82, 2.24) is 10.2 Å². The van der Waals surface area contributed by atoms with E-state index in [4.69, 9.17) is 0 Å². The molecule has 0 spiro atoms. The molecule has 0 saturated carbocycles. The molecule has 16 heavy (non-hydrogen) atoms. The first kappa shape index (κ1) is 13.7. The minimum absolute atomic E-state index is 0.168. The first-order valence-corrected chi connectivity index (χ1v) is 6.78. The molecule has 2 nitrogen and oxygen atoms in total. The van der Waals surface area contributed by atoms with Crippen LogP contribution < -0.4 is 5.32 Å². The number of rotatable bonds is 6. The van der Waals surface area contributed by atoms with E-state index in [9.17, 15) is 0 Å². The summed E-state index contributed by atoms with van der Waals surface area (Å²) in [6.45, 7) is 11.1. The lowest BCUT2D eigenvalue weighted by Crippen LogP contribution is -2.49. The van der Waals surface area contributed by atoms with Gasteiger partial charge in [-0.15, -0.1) is 11.3 Å². The summed E-state index contributed by atoms with van der Waals surface area (Å²) in [6, 6.07) is 4.92. The van der Waals surface area contributed by atoms with Crippen LogP contribution in [0.25, 0.3) is 0 Å². The SMILES string of the molecule is CNC(C)(C)CN(Cc1cccs1)C(C)C. The van der Waals surface area contributed by atoms with Gasteiger partial charge in [0.05, 0.1) is 0 Å². The van der Waals surface area contributed by atoms with Crippen LogP contribution in [0.5, 0.6) is 0 Å². The minimum atomic E-state index is 0.168. The molecule has 1 N–H and O–H groups in total. The highest BCUT2D eigenvalue weighted by Gasteiger charge is 2.21. The van der Waals surface area contributed by atoms with Gasteiger partial charge in [-0.05, 0) is 46.2 Å². The van der Waals surface area contributed by atoms with Crippen molar-refractivity contribution < 1.29 is 0 Å². The molecule has 1 heterocycles. The van der Waals surface area contributed by atoms with E-state index in [1.54, 1.807) is 0 Å². The number of hydrogen-bond donors (Lipinski definition) is 1. The van der Waals surface area contributed by atoms with Crippen LogP contribution in [-0.4, -0.2) is 30.1 Å². The Labute approximate surface area is 104 Å². The van der Waals surface area contributed by atoms with E-state index in [1.807, 2.05) is 18.4 Å². The highest BCUT2D eigenvalue weighted by Crippen LogP contribution is 2.16. The second kappa shape index (κ2) is 5.80. The lowest BCUT2D eigenvalue weighted by atomic mass is 10.0. The first-order chi connectivity index (χ1) is 7.44. The normalized spacial score (nSPS) is 12.7. The van der Waals surface area contributed by atoms with Gasteiger partial charge in [-0.3, -0.25) is 4.90 Å². The van der Waals surface area contributed by atoms with Gasteiger partial charge >= 0.3 is 0 Å². The van der Waals surface area contributed by atoms with Crippen molar-refractivity contribution in [3.05, 3.63) is 22.4 Å². The van der Waals surface area contributed by atoms with Crippen LogP contribution in [0.1, 0.15) is 32.6 Å². The average molecular weight is 240 g/mol. The Morgan fingerprint density at radius 1 is 1.44 bits per heavy atom. The van der Waals surface area contributed by atoms with Crippen LogP contribution >= 0.6 is 11.3 Å². The fraction of sp³-hybridized carbons (Fsp3) is 0.692. The molecule has 0 atom stereocenters. The first-order valence-electron chi connectivity index (χ1n) is 5.90. The van der Waals surface area contributed by atoms with Crippen LogP contribution in [0.3, 0.4) is 0 Å². The number of nitrogens with zero attached hydrogens (tertiary/aromatic N) is 1. The Morgan fingerprint density at radius 3 is 2.56 bits per heavy atom. The van der Waals surface area contributed by atoms with E-state index < -0.39 is 0 Å². The highest BCUT2D eigenvalue weighted by molar-refractivity contribution is 7.09. The summed E-state index contributed by atoms with van der Waals surface area (Å²) in [7, 11) is 2.03. The molecule has 0 bridgehead atoms. The number of nitrogens with one attached hydrogen (secondary N) is 1. The van der Waals surface area contributed by atoms with Crippen molar-refractivity contribution in [2.45, 2.75) is 45.8 Å². The molecule has 1 rings (SSSR count). The Kier molecular flexibility index (Phi) is 4.96. The fourth-order valence-electron chi connectivity index (χ4n) is 1.61. The van der Waals surface area contributed by atoms with E-state index in [-0.39, 0.29) is 5.54 Å². The zero-order valence-corrected chi connectivity index (χ0v) is 11.9. The van der Waals surface area contributed by atoms with E-state index >= 15 is 0 Å². The maximum Gasteiger partial charge on any atom is 0.0331 e. The number of likely N-dealkylation sites (N-methyl/N-ethyl adjacent to an activating group) is 1. The Morgan fingerprint density at radius 2 is 2.12 bits per heavy atom. The summed E-state index contributed by atoms with van der Waals surface area (Å²) in [5.41, 5.74) is 0.168. The lowest BCUT2D eigenvalue weighted by Gasteiger charge is -2.34. The van der Waals surface area contributed by atoms with E-state index in [2.05, 4.69) is 55.4 Å². The maximum absolute atomic E-state index is 3.37. The molecular formula is C13H24N2S. The topological polar surface area (TPSA) is 15.3 Å². The maximum atomic E-state index is 3.37. The molecular weight excluding hydrogens is 216 g/mol. The second-order valence-corrected chi connectivity index (χ2v) is 6.24. The standard InChI is InChI=1S/C13H24N2S/c1-11(2)15(10-13(3,4)14-5)9-12-7-6-8-16-12/h6-8,11,14H,9-10H2,1-5H3. The molecule has 0 aliphatic carbocycles. The van der Waals surface area contributed by atoms with Gasteiger partial charge in [-0.1, -0.05) is 6.07 Å². The smallest absolute Gasteiger partial charge is 0.0331 e. The molecule has 0 aliphatic rings. The van der Waals surface area contributed by atoms with Crippen molar-refractivity contribution in [2.75, 3.05) is 13.6 Å². The van der Waals surface area contributed by atoms with Crippen molar-refractivity contribution in [2.24, 2.45) is 0 Å². The molecule has 0 unspecified atom stereocenters. The summed E-state index contributed by atoms with van der Waals surface area (Å²) in [4.78, 5) is 3.96. The summed E-state index contributed by atoms with van der Waals surface area (Å²) < 4.78 is 0. The third-order valence-electron chi connectivity index (χ3n) is 2.94. The van der Waals surface area contributed by atoms with Gasteiger partial charge in [0.25, 0.3) is 0 Å². The van der Waals surface area contributed by atoms with Gasteiger partial charge in [0.15, 0.2) is 0 Å². The van der Waals surface area contributed by atoms with Crippen molar-refractivity contribution in [3.63, 3.8) is 0 Å². The van der Waals surface area contributed by atoms with Gasteiger partial charge in [0, 0.05) is 29.5 Å². The van der Waals surface area contributed by atoms with E-state index in [0.717, 1.165) is 13.1 Å². The van der Waals surface area contributed by atoms with Crippen molar-refractivity contribution in [3.8, 4) is 0 Å². The summed E-state index contributed by atoms with van der Waals surface area (Å²) >= 11 is 1.84. The largest absolute Gasteiger partial charge is 0.314 e. The van der Waals surface area contributed by atoms with Gasteiger partial charge in [-0.25, -0.2) is 0 Å². The zero-order chi connectivity index (χ0) is 12.2. The monoisotopic (exact) mass is 240 g/mol. The molecule has 0 radical (unpaired) electrons. The molecule has 1 aromatic rings. The van der Waals surface area contributed by atoms with Crippen molar-refractivity contribution >= 4 is 11.3 Å². The summed E-state index contributed by atoms with van der Waals surface area (Å²) in [5.74, 6) is 0. The van der Waals surface area contributed by atoms with Gasteiger partial charge in [0.2, 0.25) is 0 Å². The third-order valence-corrected chi connectivity index (χ3v) is 3.81. The molecule has 0 aromatic carbocycles. The Balaban J connectivity index is 2.62. The Bertz CT molecular complexity index is 291. The fourth-order valence-corrected chi connectivity index (χ4v) is 2.34. The summed E-state index contributed by atoms with van der Waals surface area (Å²) in [5, 5.41) is 5.52. The van der Waals surface area contributed by atoms with E-state index in [0.29, 0.717) is 6.04 Å². The Hall–Kier alpha value is -0.380. The highest BCUT2D eigenvalue weighted by atomic mass is 32.1. The van der Waals surface area contributed by atoms with E-state index in [1.165, 1.54) is 4.88 Å². The minimum Gasteiger partial charge on any atom is -0.314 e. The predicted octanol–water partition coefficient (Wildman–Crippen LogP) is 2.96. The second-order valence-electron chi connectivity index (χ2n) is 5.21. The average Bonchev–Trinajstić information content (AvgIpc) is 2.69. The molecule has 0 amide bonds. The molecule has 3 heteroatoms. The molecule has 0 fully saturated rings. The quantitative estimate of drug-likeness (QED) is 0.822. The third kappa shape index (κ3) is 4.24. The van der Waals surface area contributed by atoms with Gasteiger partial charge < -0.3 is 5.32 Å². The van der Waals surface area contributed by atoms with Crippen molar-refractivity contribution in [1.29, 1.82) is 0 Å². The predicted molar refractivity (Wildman–Crippen MR) is 73.0 cm³/mol. The van der Waals surface area contributed by atoms with Crippen LogP contribution in [0.15, 0.2) is 17.5 Å². The zero-order valence-electron chi connectivity index (χ0n) is 11.1. The van der Waals surface area contributed by atoms with Gasteiger partial charge in [-0.2, -0.15) is 0 Å². The van der Waals surface area contributed by atoms with Crippen LogP contribution in [0, 0.1) is 0 Å². The van der Waals surface area contributed by atoms with Crippen LogP contribution in [0.2, 0.25) is 0 Å². The summed E-state index contributed by atoms with van der Waals surface area (Å²) in [6.07, 6.45) is 0.